The monoisotopic (exact) mass is 290 g/mol. The summed E-state index contributed by atoms with van der Waals surface area (Å²) in [4.78, 5) is 0. The maximum absolute atomic E-state index is 2.94. The van der Waals surface area contributed by atoms with Gasteiger partial charge < -0.3 is 0 Å². The Bertz CT molecular complexity index is 162. The lowest BCUT2D eigenvalue weighted by Crippen LogP contribution is -1.74. The Morgan fingerprint density at radius 3 is 0.938 bits per heavy atom. The Morgan fingerprint density at radius 2 is 0.812 bits per heavy atom. The molecule has 0 unspecified atom stereocenters. The summed E-state index contributed by atoms with van der Waals surface area (Å²) in [6.45, 7) is 16.2. The summed E-state index contributed by atoms with van der Waals surface area (Å²) in [7, 11) is 0. The minimum absolute atomic E-state index is 1.37. The summed E-state index contributed by atoms with van der Waals surface area (Å²) in [5, 5.41) is 0. The highest BCUT2D eigenvalue weighted by molar-refractivity contribution is 9.08. The van der Waals surface area contributed by atoms with Gasteiger partial charge in [-0.05, 0) is 30.8 Å². The molecule has 98 valence electrons. The van der Waals surface area contributed by atoms with Gasteiger partial charge in [0.2, 0.25) is 0 Å². The second-order valence-corrected chi connectivity index (χ2v) is 2.08. The summed E-state index contributed by atoms with van der Waals surface area (Å²) >= 11 is 2.94. The van der Waals surface area contributed by atoms with Gasteiger partial charge in [0.05, 0.1) is 0 Å². The second kappa shape index (κ2) is 29.3. The van der Waals surface area contributed by atoms with Crippen LogP contribution in [0.1, 0.15) is 52.7 Å². The van der Waals surface area contributed by atoms with Gasteiger partial charge >= 0.3 is 0 Å². The molecule has 0 saturated carbocycles. The molecule has 1 aromatic rings. The average molecular weight is 291 g/mol. The van der Waals surface area contributed by atoms with E-state index in [0.717, 1.165) is 0 Å². The minimum Gasteiger partial charge on any atom is -0.0966 e. The maximum atomic E-state index is 2.94. The molecule has 0 radical (unpaired) electrons. The summed E-state index contributed by atoms with van der Waals surface area (Å²) < 4.78 is 0. The van der Waals surface area contributed by atoms with Crippen molar-refractivity contribution in [3.05, 3.63) is 35.4 Å². The first-order valence-corrected chi connectivity index (χ1v) is 7.79. The summed E-state index contributed by atoms with van der Waals surface area (Å²) in [5.74, 6) is 1.81. The van der Waals surface area contributed by atoms with Crippen LogP contribution in [0.2, 0.25) is 0 Å². The Balaban J connectivity index is -0.0000000771. The second-order valence-electron chi connectivity index (χ2n) is 2.08. The van der Waals surface area contributed by atoms with Gasteiger partial charge in [-0.2, -0.15) is 0 Å². The highest BCUT2D eigenvalue weighted by Crippen LogP contribution is 2.02. The van der Waals surface area contributed by atoms with Crippen molar-refractivity contribution in [3.63, 3.8) is 0 Å². The third kappa shape index (κ3) is 19.3. The van der Waals surface area contributed by atoms with Crippen LogP contribution in [0, 0.1) is 13.8 Å². The number of halogens is 1. The highest BCUT2D eigenvalue weighted by Gasteiger charge is 1.83. The van der Waals surface area contributed by atoms with Gasteiger partial charge in [-0.3, -0.25) is 0 Å². The van der Waals surface area contributed by atoms with Crippen molar-refractivity contribution in [1.29, 1.82) is 0 Å². The molecular formula is C15H31Br. The van der Waals surface area contributed by atoms with Gasteiger partial charge in [0.1, 0.15) is 0 Å². The molecule has 0 saturated heterocycles. The largest absolute Gasteiger partial charge is 0.0966 e. The van der Waals surface area contributed by atoms with Gasteiger partial charge in [-0.1, -0.05) is 81.7 Å². The third-order valence-corrected chi connectivity index (χ3v) is 1.43. The van der Waals surface area contributed by atoms with E-state index in [1.165, 1.54) is 11.1 Å². The van der Waals surface area contributed by atoms with Gasteiger partial charge in [-0.25, -0.2) is 0 Å². The Morgan fingerprint density at radius 1 is 0.625 bits per heavy atom. The molecule has 0 atom stereocenters. The van der Waals surface area contributed by atoms with E-state index in [0.29, 0.717) is 0 Å². The van der Waals surface area contributed by atoms with Crippen LogP contribution in [0.25, 0.3) is 0 Å². The Hall–Kier alpha value is -0.300. The van der Waals surface area contributed by atoms with Crippen LogP contribution in [0.3, 0.4) is 0 Å². The molecule has 1 aromatic carbocycles. The normalized spacial score (nSPS) is 6.12. The van der Waals surface area contributed by atoms with Crippen LogP contribution >= 0.6 is 15.9 Å². The molecule has 0 fully saturated rings. The quantitative estimate of drug-likeness (QED) is 0.486. The first kappa shape index (κ1) is 24.8. The SMILES string of the molecule is CBr.CC.CC.CC.Cc1ccccc1C. The Kier molecular flexibility index (Phi) is 45.4. The molecule has 1 heteroatoms. The molecule has 0 aromatic heterocycles. The molecule has 0 aliphatic heterocycles. The molecular weight excluding hydrogens is 260 g/mol. The highest BCUT2D eigenvalue weighted by atomic mass is 79.9. The molecule has 0 aliphatic carbocycles. The van der Waals surface area contributed by atoms with E-state index in [1.54, 1.807) is 0 Å². The number of hydrogen-bond donors (Lipinski definition) is 0. The molecule has 0 spiro atoms. The fraction of sp³-hybridized carbons (Fsp3) is 0.600. The van der Waals surface area contributed by atoms with E-state index in [9.17, 15) is 0 Å². The van der Waals surface area contributed by atoms with Crippen LogP contribution in [0.5, 0.6) is 0 Å². The predicted octanol–water partition coefficient (Wildman–Crippen LogP) is 6.39. The lowest BCUT2D eigenvalue weighted by atomic mass is 10.1. The smallest absolute Gasteiger partial charge is 0.00848 e. The zero-order valence-electron chi connectivity index (χ0n) is 12.7. The summed E-state index contributed by atoms with van der Waals surface area (Å²) in [6, 6.07) is 8.36. The van der Waals surface area contributed by atoms with E-state index in [-0.39, 0.29) is 0 Å². The van der Waals surface area contributed by atoms with Crippen LogP contribution in [-0.2, 0) is 0 Å². The van der Waals surface area contributed by atoms with Gasteiger partial charge in [0.15, 0.2) is 0 Å². The number of alkyl halides is 1. The van der Waals surface area contributed by atoms with E-state index in [2.05, 4.69) is 54.0 Å². The average Bonchev–Trinajstić information content (AvgIpc) is 2.42. The summed E-state index contributed by atoms with van der Waals surface area (Å²) in [6.07, 6.45) is 0. The fourth-order valence-electron chi connectivity index (χ4n) is 0.663. The standard InChI is InChI=1S/C8H10.3C2H6.CH3Br/c1-7-5-3-4-6-8(7)2;4*1-2/h3-6H,1-2H3;3*1-2H3;1H3. The van der Waals surface area contributed by atoms with Crippen molar-refractivity contribution in [2.75, 3.05) is 5.83 Å². The van der Waals surface area contributed by atoms with E-state index in [4.69, 9.17) is 0 Å². The lowest BCUT2D eigenvalue weighted by Gasteiger charge is -1.93. The fourth-order valence-corrected chi connectivity index (χ4v) is 0.663. The molecule has 16 heavy (non-hydrogen) atoms. The van der Waals surface area contributed by atoms with Crippen LogP contribution in [-0.4, -0.2) is 5.83 Å². The number of rotatable bonds is 0. The zero-order valence-corrected chi connectivity index (χ0v) is 14.3. The van der Waals surface area contributed by atoms with Gasteiger partial charge in [-0.15, -0.1) is 0 Å². The van der Waals surface area contributed by atoms with Crippen molar-refractivity contribution in [3.8, 4) is 0 Å². The molecule has 0 heterocycles. The van der Waals surface area contributed by atoms with Crippen LogP contribution < -0.4 is 0 Å². The molecule has 0 aliphatic rings. The van der Waals surface area contributed by atoms with E-state index >= 15 is 0 Å². The Labute approximate surface area is 113 Å². The number of aryl methyl sites for hydroxylation is 2. The topological polar surface area (TPSA) is 0 Å². The van der Waals surface area contributed by atoms with Crippen molar-refractivity contribution in [2.45, 2.75) is 55.4 Å². The van der Waals surface area contributed by atoms with Crippen LogP contribution in [0.4, 0.5) is 0 Å². The van der Waals surface area contributed by atoms with Crippen molar-refractivity contribution in [1.82, 2.24) is 0 Å². The number of benzene rings is 1. The van der Waals surface area contributed by atoms with Crippen molar-refractivity contribution >= 4 is 15.9 Å². The first-order valence-electron chi connectivity index (χ1n) is 6.21. The van der Waals surface area contributed by atoms with Crippen molar-refractivity contribution in [2.24, 2.45) is 0 Å². The molecule has 0 nitrogen and oxygen atoms in total. The molecule has 0 amide bonds. The van der Waals surface area contributed by atoms with E-state index < -0.39 is 0 Å². The van der Waals surface area contributed by atoms with Crippen LogP contribution in [0.15, 0.2) is 24.3 Å². The number of hydrogen-bond acceptors (Lipinski definition) is 0. The predicted molar refractivity (Wildman–Crippen MR) is 84.8 cm³/mol. The minimum atomic E-state index is 1.37. The maximum Gasteiger partial charge on any atom is -0.00848 e. The third-order valence-electron chi connectivity index (χ3n) is 1.43. The zero-order chi connectivity index (χ0) is 14.0. The van der Waals surface area contributed by atoms with Gasteiger partial charge in [0.25, 0.3) is 0 Å². The van der Waals surface area contributed by atoms with Gasteiger partial charge in [0, 0.05) is 0 Å². The lowest BCUT2D eigenvalue weighted by molar-refractivity contribution is 1.34. The molecule has 0 bridgehead atoms. The molecule has 0 N–H and O–H groups in total. The molecule has 1 rings (SSSR count). The van der Waals surface area contributed by atoms with Crippen molar-refractivity contribution < 1.29 is 0 Å². The summed E-state index contributed by atoms with van der Waals surface area (Å²) in [5.41, 5.74) is 2.74. The van der Waals surface area contributed by atoms with E-state index in [1.807, 2.05) is 47.4 Å². The first-order chi connectivity index (χ1) is 7.80.